The smallest absolute Gasteiger partial charge is 0.131 e. The Hall–Kier alpha value is -1.56. The topological polar surface area (TPSA) is 33.0 Å². The van der Waals surface area contributed by atoms with Gasteiger partial charge in [-0.25, -0.2) is 4.39 Å². The van der Waals surface area contributed by atoms with Crippen LogP contribution in [0, 0.1) is 22.6 Å². The van der Waals surface area contributed by atoms with E-state index in [0.717, 1.165) is 0 Å². The van der Waals surface area contributed by atoms with Gasteiger partial charge in [-0.2, -0.15) is 5.26 Å². The SMILES string of the molecule is CC(C)(C)C1COc2cc(C#N)cc(F)c21. The van der Waals surface area contributed by atoms with Crippen molar-refractivity contribution in [1.82, 2.24) is 0 Å². The summed E-state index contributed by atoms with van der Waals surface area (Å²) in [6.07, 6.45) is 0. The van der Waals surface area contributed by atoms with Gasteiger partial charge in [0.2, 0.25) is 0 Å². The van der Waals surface area contributed by atoms with E-state index in [0.29, 0.717) is 23.5 Å². The van der Waals surface area contributed by atoms with Gasteiger partial charge in [0, 0.05) is 11.5 Å². The van der Waals surface area contributed by atoms with E-state index < -0.39 is 0 Å². The van der Waals surface area contributed by atoms with Gasteiger partial charge in [0.25, 0.3) is 0 Å². The molecule has 1 aromatic carbocycles. The first-order chi connectivity index (χ1) is 7.43. The molecule has 0 fully saturated rings. The molecule has 0 saturated carbocycles. The van der Waals surface area contributed by atoms with Crippen molar-refractivity contribution >= 4 is 0 Å². The van der Waals surface area contributed by atoms with Crippen molar-refractivity contribution in [2.75, 3.05) is 6.61 Å². The van der Waals surface area contributed by atoms with Crippen molar-refractivity contribution in [3.8, 4) is 11.8 Å². The molecule has 0 aromatic heterocycles. The second kappa shape index (κ2) is 3.48. The molecule has 0 N–H and O–H groups in total. The van der Waals surface area contributed by atoms with E-state index in [9.17, 15) is 4.39 Å². The van der Waals surface area contributed by atoms with Crippen molar-refractivity contribution < 1.29 is 9.13 Å². The minimum Gasteiger partial charge on any atom is -0.492 e. The summed E-state index contributed by atoms with van der Waals surface area (Å²) in [5.74, 6) is 0.248. The van der Waals surface area contributed by atoms with Crippen LogP contribution < -0.4 is 4.74 Å². The van der Waals surface area contributed by atoms with Crippen LogP contribution in [-0.4, -0.2) is 6.61 Å². The zero-order chi connectivity index (χ0) is 11.9. The second-order valence-electron chi connectivity index (χ2n) is 5.21. The summed E-state index contributed by atoms with van der Waals surface area (Å²) < 4.78 is 19.4. The van der Waals surface area contributed by atoms with E-state index in [1.54, 1.807) is 6.07 Å². The van der Waals surface area contributed by atoms with Crippen LogP contribution in [0.5, 0.6) is 5.75 Å². The first-order valence-electron chi connectivity index (χ1n) is 5.30. The summed E-state index contributed by atoms with van der Waals surface area (Å²) >= 11 is 0. The van der Waals surface area contributed by atoms with Crippen LogP contribution in [0.15, 0.2) is 12.1 Å². The number of nitrogens with zero attached hydrogens (tertiary/aromatic N) is 1. The van der Waals surface area contributed by atoms with Crippen molar-refractivity contribution in [1.29, 1.82) is 5.26 Å². The number of fused-ring (bicyclic) bond motifs is 1. The highest BCUT2D eigenvalue weighted by molar-refractivity contribution is 5.48. The van der Waals surface area contributed by atoms with Crippen LogP contribution >= 0.6 is 0 Å². The van der Waals surface area contributed by atoms with Crippen LogP contribution in [0.2, 0.25) is 0 Å². The fourth-order valence-electron chi connectivity index (χ4n) is 2.05. The molecule has 0 bridgehead atoms. The predicted octanol–water partition coefficient (Wildman–Crippen LogP) is 3.22. The highest BCUT2D eigenvalue weighted by atomic mass is 19.1. The Morgan fingerprint density at radius 1 is 1.44 bits per heavy atom. The van der Waals surface area contributed by atoms with Gasteiger partial charge in [-0.3, -0.25) is 0 Å². The molecule has 1 heterocycles. The molecule has 1 unspecified atom stereocenters. The summed E-state index contributed by atoms with van der Waals surface area (Å²) in [4.78, 5) is 0. The number of nitriles is 1. The molecule has 3 heteroatoms. The van der Waals surface area contributed by atoms with E-state index in [-0.39, 0.29) is 17.2 Å². The van der Waals surface area contributed by atoms with Crippen molar-refractivity contribution in [2.45, 2.75) is 26.7 Å². The van der Waals surface area contributed by atoms with Crippen LogP contribution in [0.1, 0.15) is 37.8 Å². The summed E-state index contributed by atoms with van der Waals surface area (Å²) in [7, 11) is 0. The lowest BCUT2D eigenvalue weighted by atomic mass is 9.77. The van der Waals surface area contributed by atoms with Gasteiger partial charge >= 0.3 is 0 Å². The molecule has 0 amide bonds. The third kappa shape index (κ3) is 1.65. The average molecular weight is 219 g/mol. The standard InChI is InChI=1S/C13H14FNO/c1-13(2,3)9-7-16-11-5-8(6-15)4-10(14)12(9)11/h4-5,9H,7H2,1-3H3. The molecule has 1 aliphatic rings. The van der Waals surface area contributed by atoms with E-state index in [1.165, 1.54) is 6.07 Å². The third-order valence-electron chi connectivity index (χ3n) is 3.02. The Bertz CT molecular complexity index is 468. The maximum atomic E-state index is 13.9. The lowest BCUT2D eigenvalue weighted by Crippen LogP contribution is -2.20. The number of benzene rings is 1. The summed E-state index contributed by atoms with van der Waals surface area (Å²) in [6, 6.07) is 4.83. The van der Waals surface area contributed by atoms with Crippen molar-refractivity contribution in [3.05, 3.63) is 29.1 Å². The predicted molar refractivity (Wildman–Crippen MR) is 58.8 cm³/mol. The van der Waals surface area contributed by atoms with Gasteiger partial charge in [0.1, 0.15) is 11.6 Å². The largest absolute Gasteiger partial charge is 0.492 e. The molecule has 0 aliphatic carbocycles. The zero-order valence-electron chi connectivity index (χ0n) is 9.67. The highest BCUT2D eigenvalue weighted by Gasteiger charge is 2.36. The normalized spacial score (nSPS) is 18.8. The monoisotopic (exact) mass is 219 g/mol. The number of hydrogen-bond donors (Lipinski definition) is 0. The Morgan fingerprint density at radius 3 is 2.69 bits per heavy atom. The van der Waals surface area contributed by atoms with Gasteiger partial charge in [-0.1, -0.05) is 20.8 Å². The molecule has 2 nitrogen and oxygen atoms in total. The minimum absolute atomic E-state index is 0.0414. The van der Waals surface area contributed by atoms with Gasteiger partial charge < -0.3 is 4.74 Å². The van der Waals surface area contributed by atoms with Crippen LogP contribution in [0.25, 0.3) is 0 Å². The van der Waals surface area contributed by atoms with Gasteiger partial charge in [-0.15, -0.1) is 0 Å². The maximum Gasteiger partial charge on any atom is 0.131 e. The Labute approximate surface area is 94.7 Å². The molecule has 2 rings (SSSR count). The molecule has 16 heavy (non-hydrogen) atoms. The van der Waals surface area contributed by atoms with E-state index in [1.807, 2.05) is 6.07 Å². The summed E-state index contributed by atoms with van der Waals surface area (Å²) in [6.45, 7) is 6.68. The van der Waals surface area contributed by atoms with Crippen LogP contribution in [0.4, 0.5) is 4.39 Å². The molecular weight excluding hydrogens is 205 g/mol. The zero-order valence-corrected chi connectivity index (χ0v) is 9.67. The molecule has 1 aromatic rings. The summed E-state index contributed by atoms with van der Waals surface area (Å²) in [5.41, 5.74) is 0.887. The number of halogens is 1. The molecule has 84 valence electrons. The molecule has 0 radical (unpaired) electrons. The molecule has 1 aliphatic heterocycles. The first kappa shape index (κ1) is 10.9. The highest BCUT2D eigenvalue weighted by Crippen LogP contribution is 2.45. The van der Waals surface area contributed by atoms with Crippen molar-refractivity contribution in [3.63, 3.8) is 0 Å². The number of ether oxygens (including phenoxy) is 1. The van der Waals surface area contributed by atoms with E-state index in [4.69, 9.17) is 10.00 Å². The van der Waals surface area contributed by atoms with E-state index >= 15 is 0 Å². The lowest BCUT2D eigenvalue weighted by Gasteiger charge is -2.25. The van der Waals surface area contributed by atoms with Gasteiger partial charge in [0.05, 0.1) is 18.2 Å². The fraction of sp³-hybridized carbons (Fsp3) is 0.462. The molecule has 0 spiro atoms. The molecule has 1 atom stereocenters. The Kier molecular flexibility index (Phi) is 2.38. The Balaban J connectivity index is 2.53. The third-order valence-corrected chi connectivity index (χ3v) is 3.02. The quantitative estimate of drug-likeness (QED) is 0.671. The van der Waals surface area contributed by atoms with Crippen LogP contribution in [0.3, 0.4) is 0 Å². The van der Waals surface area contributed by atoms with Gasteiger partial charge in [-0.05, 0) is 17.5 Å². The average Bonchev–Trinajstić information content (AvgIpc) is 2.60. The molecule has 0 saturated heterocycles. The second-order valence-corrected chi connectivity index (χ2v) is 5.21. The van der Waals surface area contributed by atoms with Crippen molar-refractivity contribution in [2.24, 2.45) is 5.41 Å². The number of rotatable bonds is 0. The lowest BCUT2D eigenvalue weighted by molar-refractivity contribution is 0.241. The maximum absolute atomic E-state index is 13.9. The van der Waals surface area contributed by atoms with Gasteiger partial charge in [0.15, 0.2) is 0 Å². The van der Waals surface area contributed by atoms with E-state index in [2.05, 4.69) is 20.8 Å². The molecular formula is C13H14FNO. The minimum atomic E-state index is -0.327. The first-order valence-corrected chi connectivity index (χ1v) is 5.30. The fourth-order valence-corrected chi connectivity index (χ4v) is 2.05. The Morgan fingerprint density at radius 2 is 2.12 bits per heavy atom. The summed E-state index contributed by atoms with van der Waals surface area (Å²) in [5, 5.41) is 8.75. The van der Waals surface area contributed by atoms with Crippen LogP contribution in [-0.2, 0) is 0 Å². The number of hydrogen-bond acceptors (Lipinski definition) is 2.